The van der Waals surface area contributed by atoms with Crippen LogP contribution in [0.1, 0.15) is 0 Å². The van der Waals surface area contributed by atoms with E-state index in [4.69, 9.17) is 0 Å². The lowest BCUT2D eigenvalue weighted by atomic mass is 10.4. The molecule has 3 aliphatic heterocycles. The lowest BCUT2D eigenvalue weighted by molar-refractivity contribution is 0.785. The fourth-order valence-corrected chi connectivity index (χ4v) is 1.49. The number of hydrogen-bond donors (Lipinski definition) is 1. The minimum atomic E-state index is 0.863. The van der Waals surface area contributed by atoms with Crippen molar-refractivity contribution in [1.82, 2.24) is 19.5 Å². The highest BCUT2D eigenvalue weighted by molar-refractivity contribution is 5.54. The zero-order chi connectivity index (χ0) is 7.97. The molecule has 12 heavy (non-hydrogen) atoms. The molecule has 0 fully saturated rings. The van der Waals surface area contributed by atoms with E-state index in [0.717, 1.165) is 30.6 Å². The van der Waals surface area contributed by atoms with Crippen LogP contribution in [0, 0.1) is 0 Å². The summed E-state index contributed by atoms with van der Waals surface area (Å²) in [4.78, 5) is 12.4. The molecule has 0 amide bonds. The van der Waals surface area contributed by atoms with E-state index in [1.54, 1.807) is 12.5 Å². The quantitative estimate of drug-likeness (QED) is 0.599. The van der Waals surface area contributed by atoms with Crippen LogP contribution >= 0.6 is 0 Å². The van der Waals surface area contributed by atoms with Crippen molar-refractivity contribution in [3.8, 4) is 11.5 Å². The van der Waals surface area contributed by atoms with Gasteiger partial charge in [-0.05, 0) is 0 Å². The standard InChI is InChI=1S/C7H7N5/c1-2-12-6-5(10-4-11-6)3-9-7(12)8-1/h3-4H,1-2H2,(H,8,9). The van der Waals surface area contributed by atoms with Gasteiger partial charge in [-0.15, -0.1) is 0 Å². The largest absolute Gasteiger partial charge is 0.354 e. The van der Waals surface area contributed by atoms with Crippen molar-refractivity contribution in [2.75, 3.05) is 11.9 Å². The molecule has 0 aromatic rings. The van der Waals surface area contributed by atoms with Crippen molar-refractivity contribution < 1.29 is 0 Å². The number of imidazole rings is 1. The molecule has 0 aromatic carbocycles. The first-order valence-electron chi connectivity index (χ1n) is 3.85. The SMILES string of the molecule is c1nc2cnc3n(c-2n1)CCN3. The summed E-state index contributed by atoms with van der Waals surface area (Å²) in [5, 5.41) is 3.17. The molecule has 3 aliphatic rings. The third-order valence-corrected chi connectivity index (χ3v) is 2.04. The summed E-state index contributed by atoms with van der Waals surface area (Å²) in [6.45, 7) is 1.86. The molecule has 3 heterocycles. The highest BCUT2D eigenvalue weighted by Gasteiger charge is 2.17. The Morgan fingerprint density at radius 3 is 3.33 bits per heavy atom. The van der Waals surface area contributed by atoms with Gasteiger partial charge in [0.2, 0.25) is 5.95 Å². The van der Waals surface area contributed by atoms with Gasteiger partial charge in [0.1, 0.15) is 12.0 Å². The van der Waals surface area contributed by atoms with E-state index < -0.39 is 0 Å². The fraction of sp³-hybridized carbons (Fsp3) is 0.286. The first-order chi connectivity index (χ1) is 5.95. The Kier molecular flexibility index (Phi) is 0.957. The maximum absolute atomic E-state index is 4.21. The van der Waals surface area contributed by atoms with Gasteiger partial charge in [0, 0.05) is 13.1 Å². The van der Waals surface area contributed by atoms with Gasteiger partial charge in [0.05, 0.1) is 6.20 Å². The summed E-state index contributed by atoms with van der Waals surface area (Å²) in [7, 11) is 0. The lowest BCUT2D eigenvalue weighted by Crippen LogP contribution is -2.01. The van der Waals surface area contributed by atoms with E-state index in [1.807, 2.05) is 4.57 Å². The number of fused-ring (bicyclic) bond motifs is 3. The Morgan fingerprint density at radius 1 is 1.33 bits per heavy atom. The summed E-state index contributed by atoms with van der Waals surface area (Å²) in [6, 6.07) is 0. The molecular weight excluding hydrogens is 154 g/mol. The van der Waals surface area contributed by atoms with Crippen LogP contribution in [0.5, 0.6) is 0 Å². The number of rotatable bonds is 0. The molecule has 0 aliphatic carbocycles. The average molecular weight is 161 g/mol. The molecule has 0 saturated carbocycles. The topological polar surface area (TPSA) is 55.6 Å². The van der Waals surface area contributed by atoms with E-state index in [9.17, 15) is 0 Å². The number of aromatic nitrogens is 4. The van der Waals surface area contributed by atoms with Gasteiger partial charge < -0.3 is 5.32 Å². The van der Waals surface area contributed by atoms with Gasteiger partial charge in [-0.25, -0.2) is 15.0 Å². The summed E-state index contributed by atoms with van der Waals surface area (Å²) in [5.41, 5.74) is 0.863. The van der Waals surface area contributed by atoms with E-state index in [0.29, 0.717) is 0 Å². The number of nitrogens with zero attached hydrogens (tertiary/aromatic N) is 4. The zero-order valence-corrected chi connectivity index (χ0v) is 6.36. The van der Waals surface area contributed by atoms with Crippen LogP contribution in [0.15, 0.2) is 12.5 Å². The predicted molar refractivity (Wildman–Crippen MR) is 42.9 cm³/mol. The minimum absolute atomic E-state index is 0.863. The Morgan fingerprint density at radius 2 is 2.33 bits per heavy atom. The molecule has 0 radical (unpaired) electrons. The van der Waals surface area contributed by atoms with Gasteiger partial charge in [0.15, 0.2) is 5.82 Å². The smallest absolute Gasteiger partial charge is 0.204 e. The molecular formula is C7H7N5. The third-order valence-electron chi connectivity index (χ3n) is 2.04. The molecule has 5 nitrogen and oxygen atoms in total. The normalized spacial score (nSPS) is 14.7. The molecule has 5 heteroatoms. The Bertz CT molecular complexity index is 393. The maximum atomic E-state index is 4.21. The first-order valence-corrected chi connectivity index (χ1v) is 3.85. The molecule has 0 atom stereocenters. The maximum Gasteiger partial charge on any atom is 0.204 e. The molecule has 0 saturated heterocycles. The van der Waals surface area contributed by atoms with Gasteiger partial charge in [-0.3, -0.25) is 4.57 Å². The molecule has 1 N–H and O–H groups in total. The van der Waals surface area contributed by atoms with Gasteiger partial charge in [0.25, 0.3) is 0 Å². The monoisotopic (exact) mass is 161 g/mol. The van der Waals surface area contributed by atoms with E-state index in [1.165, 1.54) is 0 Å². The van der Waals surface area contributed by atoms with E-state index >= 15 is 0 Å². The third kappa shape index (κ3) is 0.603. The Balaban J connectivity index is 2.37. The molecule has 3 rings (SSSR count). The molecule has 0 aromatic heterocycles. The van der Waals surface area contributed by atoms with Crippen molar-refractivity contribution in [3.05, 3.63) is 12.5 Å². The second kappa shape index (κ2) is 1.94. The summed E-state index contributed by atoms with van der Waals surface area (Å²) >= 11 is 0. The lowest BCUT2D eigenvalue weighted by Gasteiger charge is -2.04. The highest BCUT2D eigenvalue weighted by atomic mass is 15.3. The Hall–Kier alpha value is -1.65. The van der Waals surface area contributed by atoms with Crippen molar-refractivity contribution >= 4 is 5.95 Å². The van der Waals surface area contributed by atoms with Gasteiger partial charge >= 0.3 is 0 Å². The van der Waals surface area contributed by atoms with Crippen LogP contribution in [0.25, 0.3) is 11.5 Å². The van der Waals surface area contributed by atoms with Crippen molar-refractivity contribution in [2.45, 2.75) is 6.54 Å². The van der Waals surface area contributed by atoms with E-state index in [2.05, 4.69) is 20.3 Å². The second-order valence-electron chi connectivity index (χ2n) is 2.74. The molecule has 60 valence electrons. The second-order valence-corrected chi connectivity index (χ2v) is 2.74. The number of hydrogen-bond acceptors (Lipinski definition) is 4. The average Bonchev–Trinajstić information content (AvgIpc) is 2.71. The van der Waals surface area contributed by atoms with E-state index in [-0.39, 0.29) is 0 Å². The highest BCUT2D eigenvalue weighted by Crippen LogP contribution is 2.22. The van der Waals surface area contributed by atoms with Crippen LogP contribution in [0.3, 0.4) is 0 Å². The van der Waals surface area contributed by atoms with Crippen LogP contribution in [0.2, 0.25) is 0 Å². The van der Waals surface area contributed by atoms with Gasteiger partial charge in [-0.1, -0.05) is 0 Å². The summed E-state index contributed by atoms with van der Waals surface area (Å²) in [6.07, 6.45) is 3.31. The molecule has 0 spiro atoms. The van der Waals surface area contributed by atoms with Crippen molar-refractivity contribution in [2.24, 2.45) is 0 Å². The van der Waals surface area contributed by atoms with Crippen LogP contribution in [-0.2, 0) is 6.54 Å². The Labute approximate surface area is 68.8 Å². The molecule has 0 bridgehead atoms. The first kappa shape index (κ1) is 5.93. The zero-order valence-electron chi connectivity index (χ0n) is 6.36. The summed E-state index contributed by atoms with van der Waals surface area (Å²) < 4.78 is 2.04. The van der Waals surface area contributed by atoms with Crippen LogP contribution in [-0.4, -0.2) is 26.1 Å². The van der Waals surface area contributed by atoms with Crippen LogP contribution < -0.4 is 5.32 Å². The minimum Gasteiger partial charge on any atom is -0.354 e. The predicted octanol–water partition coefficient (Wildman–Crippen LogP) is 0.203. The van der Waals surface area contributed by atoms with Gasteiger partial charge in [-0.2, -0.15) is 0 Å². The number of nitrogens with one attached hydrogen (secondary N) is 1. The summed E-state index contributed by atoms with van der Waals surface area (Å²) in [5.74, 6) is 1.81. The van der Waals surface area contributed by atoms with Crippen LogP contribution in [0.4, 0.5) is 5.95 Å². The number of anilines is 1. The fourth-order valence-electron chi connectivity index (χ4n) is 1.49. The molecule has 0 unspecified atom stereocenters. The van der Waals surface area contributed by atoms with Crippen molar-refractivity contribution in [3.63, 3.8) is 0 Å². The van der Waals surface area contributed by atoms with Crippen molar-refractivity contribution in [1.29, 1.82) is 0 Å².